The molecule has 42 heavy (non-hydrogen) atoms. The van der Waals surface area contributed by atoms with Crippen LogP contribution in [0.25, 0.3) is 10.9 Å². The molecule has 1 aromatic heterocycles. The van der Waals surface area contributed by atoms with E-state index in [-0.39, 0.29) is 42.1 Å². The number of nitrogens with one attached hydrogen (secondary N) is 2. The van der Waals surface area contributed by atoms with Gasteiger partial charge in [0.15, 0.2) is 0 Å². The van der Waals surface area contributed by atoms with Gasteiger partial charge in [0.25, 0.3) is 0 Å². The third kappa shape index (κ3) is 6.25. The van der Waals surface area contributed by atoms with Crippen molar-refractivity contribution in [3.63, 3.8) is 0 Å². The first-order valence-corrected chi connectivity index (χ1v) is 16.7. The molecule has 5 rings (SSSR count). The highest BCUT2D eigenvalue weighted by Gasteiger charge is 2.45. The van der Waals surface area contributed by atoms with Crippen LogP contribution in [0.1, 0.15) is 19.3 Å². The van der Waals surface area contributed by atoms with Crippen LogP contribution in [0.5, 0.6) is 5.75 Å². The highest BCUT2D eigenvalue weighted by atomic mass is 32.2. The summed E-state index contributed by atoms with van der Waals surface area (Å²) in [6.45, 7) is 1.11. The summed E-state index contributed by atoms with van der Waals surface area (Å²) in [4.78, 5) is 12.9. The summed E-state index contributed by atoms with van der Waals surface area (Å²) in [5.74, 6) is 0.330. The van der Waals surface area contributed by atoms with Crippen LogP contribution in [0.4, 0.5) is 0 Å². The molecule has 14 heteroatoms. The number of ether oxygens (including phenoxy) is 2. The molecule has 228 valence electrons. The van der Waals surface area contributed by atoms with E-state index < -0.39 is 37.2 Å². The summed E-state index contributed by atoms with van der Waals surface area (Å²) >= 11 is 0. The number of rotatable bonds is 10. The predicted octanol–water partition coefficient (Wildman–Crippen LogP) is 0.788. The average molecular weight is 621 g/mol. The van der Waals surface area contributed by atoms with E-state index in [9.17, 15) is 26.7 Å². The van der Waals surface area contributed by atoms with Crippen LogP contribution < -0.4 is 20.2 Å². The normalized spacial score (nSPS) is 20.2. The summed E-state index contributed by atoms with van der Waals surface area (Å²) in [7, 11) is -4.53. The number of fused-ring (bicyclic) bond motifs is 1. The van der Waals surface area contributed by atoms with Crippen molar-refractivity contribution in [2.75, 3.05) is 39.9 Å². The minimum Gasteiger partial charge on any atom is -0.491 e. The lowest BCUT2D eigenvalue weighted by Crippen LogP contribution is -2.47. The molecule has 0 saturated carbocycles. The molecule has 0 radical (unpaired) electrons. The van der Waals surface area contributed by atoms with Crippen molar-refractivity contribution < 1.29 is 31.4 Å². The number of aromatic nitrogens is 1. The first kappa shape index (κ1) is 30.6. The lowest BCUT2D eigenvalue weighted by molar-refractivity contribution is -0.0312. The number of aliphatic hydroxyl groups excluding tert-OH is 1. The molecule has 2 aromatic carbocycles. The molecule has 1 spiro atoms. The molecule has 2 aliphatic rings. The molecule has 2 atom stereocenters. The van der Waals surface area contributed by atoms with Gasteiger partial charge in [-0.1, -0.05) is 18.2 Å². The largest absolute Gasteiger partial charge is 0.491 e. The maximum atomic E-state index is 13.5. The fraction of sp³-hybridized carbons (Fsp3) is 0.464. The van der Waals surface area contributed by atoms with E-state index >= 15 is 0 Å². The van der Waals surface area contributed by atoms with Gasteiger partial charge < -0.3 is 24.5 Å². The maximum absolute atomic E-state index is 13.5. The number of piperidine rings is 1. The zero-order chi connectivity index (χ0) is 30.1. The molecule has 2 unspecified atom stereocenters. The number of aryl methyl sites for hydroxylation is 1. The Morgan fingerprint density at radius 3 is 2.60 bits per heavy atom. The average Bonchev–Trinajstić information content (AvgIpc) is 3.39. The second-order valence-electron chi connectivity index (χ2n) is 10.8. The van der Waals surface area contributed by atoms with Crippen LogP contribution in [0.3, 0.4) is 0 Å². The summed E-state index contributed by atoms with van der Waals surface area (Å²) in [5, 5.41) is 14.1. The first-order valence-electron chi connectivity index (χ1n) is 13.7. The van der Waals surface area contributed by atoms with Crippen molar-refractivity contribution in [3.05, 3.63) is 65.0 Å². The van der Waals surface area contributed by atoms with Crippen molar-refractivity contribution >= 4 is 30.9 Å². The Morgan fingerprint density at radius 1 is 1.12 bits per heavy atom. The molecular weight excluding hydrogens is 584 g/mol. The molecule has 12 nitrogen and oxygen atoms in total. The summed E-state index contributed by atoms with van der Waals surface area (Å²) in [5.41, 5.74) is -0.301. The van der Waals surface area contributed by atoms with Crippen LogP contribution in [0.15, 0.2) is 69.3 Å². The van der Waals surface area contributed by atoms with Crippen LogP contribution >= 0.6 is 0 Å². The molecule has 2 saturated heterocycles. The standard InChI is InChI=1S/C28H36N4O8S2/c1-29-41(35,36)23-7-5-6-22(14-23)39-19-21(33)16-30-20-15-28(40-18-20)10-12-32(13-11-28)42(37,38)26-17-31(2)25-9-4-3-8-24(25)27(26)34/h3-9,14,17,20-21,29-30,33H,10-13,15-16,18-19H2,1-2H3. The Kier molecular flexibility index (Phi) is 8.77. The molecule has 0 bridgehead atoms. The fourth-order valence-electron chi connectivity index (χ4n) is 5.59. The third-order valence-corrected chi connectivity index (χ3v) is 11.3. The molecule has 3 N–H and O–H groups in total. The summed E-state index contributed by atoms with van der Waals surface area (Å²) in [6.07, 6.45) is 2.21. The Bertz CT molecular complexity index is 1720. The van der Waals surface area contributed by atoms with Crippen molar-refractivity contribution in [2.45, 2.75) is 46.8 Å². The monoisotopic (exact) mass is 620 g/mol. The van der Waals surface area contributed by atoms with Gasteiger partial charge in [-0.3, -0.25) is 4.79 Å². The number of benzene rings is 2. The first-order chi connectivity index (χ1) is 19.9. The van der Waals surface area contributed by atoms with E-state index in [4.69, 9.17) is 9.47 Å². The van der Waals surface area contributed by atoms with Crippen molar-refractivity contribution in [1.29, 1.82) is 0 Å². The van der Waals surface area contributed by atoms with E-state index in [1.807, 2.05) is 0 Å². The predicted molar refractivity (Wildman–Crippen MR) is 156 cm³/mol. The van der Waals surface area contributed by atoms with Gasteiger partial charge in [-0.05, 0) is 50.6 Å². The minimum atomic E-state index is -3.98. The molecule has 2 fully saturated rings. The minimum absolute atomic E-state index is 0.0281. The number of hydrogen-bond donors (Lipinski definition) is 3. The number of sulfonamides is 2. The Hall–Kier alpha value is -2.85. The molecule has 3 heterocycles. The molecule has 3 aromatic rings. The smallest absolute Gasteiger partial charge is 0.248 e. The van der Waals surface area contributed by atoms with Gasteiger partial charge >= 0.3 is 0 Å². The Labute approximate surface area is 245 Å². The number of aliphatic hydroxyl groups is 1. The maximum Gasteiger partial charge on any atom is 0.248 e. The van der Waals surface area contributed by atoms with Gasteiger partial charge in [-0.2, -0.15) is 4.31 Å². The van der Waals surface area contributed by atoms with Crippen LogP contribution in [0, 0.1) is 0 Å². The Balaban J connectivity index is 1.13. The van der Waals surface area contributed by atoms with Gasteiger partial charge in [0.2, 0.25) is 25.5 Å². The number of hydrogen-bond acceptors (Lipinski definition) is 9. The summed E-state index contributed by atoms with van der Waals surface area (Å²) < 4.78 is 68.0. The van der Waals surface area contributed by atoms with E-state index in [0.717, 1.165) is 0 Å². The quantitative estimate of drug-likeness (QED) is 0.298. The van der Waals surface area contributed by atoms with Crippen molar-refractivity contribution in [1.82, 2.24) is 18.9 Å². The van der Waals surface area contributed by atoms with Gasteiger partial charge in [0, 0.05) is 50.4 Å². The number of nitrogens with zero attached hydrogens (tertiary/aromatic N) is 2. The van der Waals surface area contributed by atoms with Crippen molar-refractivity contribution in [2.24, 2.45) is 7.05 Å². The van der Waals surface area contributed by atoms with Gasteiger partial charge in [0.05, 0.1) is 22.6 Å². The van der Waals surface area contributed by atoms with Gasteiger partial charge in [-0.25, -0.2) is 21.6 Å². The molecule has 2 aliphatic heterocycles. The lowest BCUT2D eigenvalue weighted by Gasteiger charge is -2.38. The zero-order valence-electron chi connectivity index (χ0n) is 23.5. The number of pyridine rings is 1. The van der Waals surface area contributed by atoms with Gasteiger partial charge in [-0.15, -0.1) is 0 Å². The van der Waals surface area contributed by atoms with Crippen LogP contribution in [-0.2, 0) is 31.8 Å². The topological polar surface area (TPSA) is 156 Å². The fourth-order valence-corrected chi connectivity index (χ4v) is 7.94. The second-order valence-corrected chi connectivity index (χ2v) is 14.6. The zero-order valence-corrected chi connectivity index (χ0v) is 25.2. The van der Waals surface area contributed by atoms with Crippen LogP contribution in [0.2, 0.25) is 0 Å². The highest BCUT2D eigenvalue weighted by Crippen LogP contribution is 2.37. The second kappa shape index (κ2) is 12.0. The van der Waals surface area contributed by atoms with E-state index in [1.54, 1.807) is 48.0 Å². The highest BCUT2D eigenvalue weighted by molar-refractivity contribution is 7.89. The molecular formula is C28H36N4O8S2. The van der Waals surface area contributed by atoms with E-state index in [2.05, 4.69) is 10.0 Å². The van der Waals surface area contributed by atoms with E-state index in [1.165, 1.54) is 29.7 Å². The van der Waals surface area contributed by atoms with Gasteiger partial charge in [0.1, 0.15) is 23.4 Å². The Morgan fingerprint density at radius 2 is 1.86 bits per heavy atom. The van der Waals surface area contributed by atoms with E-state index in [0.29, 0.717) is 42.5 Å². The van der Waals surface area contributed by atoms with Crippen molar-refractivity contribution in [3.8, 4) is 5.75 Å². The lowest BCUT2D eigenvalue weighted by atomic mass is 9.88. The molecule has 0 aliphatic carbocycles. The van der Waals surface area contributed by atoms with Crippen LogP contribution in [-0.4, -0.2) is 88.5 Å². The molecule has 0 amide bonds. The SMILES string of the molecule is CNS(=O)(=O)c1cccc(OCC(O)CNC2COC3(CCN(S(=O)(=O)c4cn(C)c5ccccc5c4=O)CC3)C2)c1. The summed E-state index contributed by atoms with van der Waals surface area (Å²) in [6, 6.07) is 13.0. The number of para-hydroxylation sites is 1. The third-order valence-electron chi connectivity index (χ3n) is 7.99.